The Bertz CT molecular complexity index is 659. The maximum atomic E-state index is 5.43. The van der Waals surface area contributed by atoms with Crippen LogP contribution in [-0.2, 0) is 6.42 Å². The number of nitrogens with one attached hydrogen (secondary N) is 1. The van der Waals surface area contributed by atoms with Crippen LogP contribution in [0.2, 0.25) is 0 Å². The second kappa shape index (κ2) is 4.53. The maximum absolute atomic E-state index is 5.43. The predicted octanol–water partition coefficient (Wildman–Crippen LogP) is 2.96. The number of hydrogen-bond acceptors (Lipinski definition) is 2. The summed E-state index contributed by atoms with van der Waals surface area (Å²) in [5.41, 5.74) is 4.25. The molecule has 1 aromatic heterocycles. The van der Waals surface area contributed by atoms with Crippen molar-refractivity contribution in [1.82, 2.24) is 9.97 Å². The smallest absolute Gasteiger partial charge is 0.174 e. The van der Waals surface area contributed by atoms with Crippen molar-refractivity contribution in [2.45, 2.75) is 6.42 Å². The van der Waals surface area contributed by atoms with Gasteiger partial charge < -0.3 is 9.72 Å². The lowest BCUT2D eigenvalue weighted by atomic mass is 10.0. The molecule has 3 nitrogen and oxygen atoms in total. The zero-order valence-corrected chi connectivity index (χ0v) is 10.1. The fourth-order valence-corrected chi connectivity index (χ4v) is 2.15. The Morgan fingerprint density at radius 3 is 2.78 bits per heavy atom. The van der Waals surface area contributed by atoms with Crippen molar-refractivity contribution < 1.29 is 4.74 Å². The van der Waals surface area contributed by atoms with Gasteiger partial charge in [-0.3, -0.25) is 0 Å². The first kappa shape index (κ1) is 10.8. The summed E-state index contributed by atoms with van der Waals surface area (Å²) in [5.74, 6) is 0.867. The van der Waals surface area contributed by atoms with E-state index in [4.69, 9.17) is 4.74 Å². The summed E-state index contributed by atoms with van der Waals surface area (Å²) in [4.78, 5) is 7.27. The number of H-pyrrole nitrogens is 1. The summed E-state index contributed by atoms with van der Waals surface area (Å²) in [6.45, 7) is 0. The summed E-state index contributed by atoms with van der Waals surface area (Å²) < 4.78 is 5.43. The first-order chi connectivity index (χ1) is 8.88. The molecule has 0 bridgehead atoms. The van der Waals surface area contributed by atoms with Gasteiger partial charge in [0.1, 0.15) is 5.75 Å². The topological polar surface area (TPSA) is 37.9 Å². The Balaban J connectivity index is 2.11. The Morgan fingerprint density at radius 2 is 2.00 bits per heavy atom. The van der Waals surface area contributed by atoms with E-state index in [1.165, 1.54) is 5.56 Å². The van der Waals surface area contributed by atoms with E-state index in [-0.39, 0.29) is 0 Å². The number of nitrogens with zero attached hydrogens (tertiary/aromatic N) is 1. The van der Waals surface area contributed by atoms with Gasteiger partial charge in [0.15, 0.2) is 6.33 Å². The third-order valence-electron chi connectivity index (χ3n) is 3.04. The minimum Gasteiger partial charge on any atom is -0.496 e. The van der Waals surface area contributed by atoms with Crippen molar-refractivity contribution in [2.24, 2.45) is 0 Å². The van der Waals surface area contributed by atoms with Gasteiger partial charge in [0.25, 0.3) is 0 Å². The fourth-order valence-electron chi connectivity index (χ4n) is 2.15. The summed E-state index contributed by atoms with van der Waals surface area (Å²) in [6.07, 6.45) is 3.59. The summed E-state index contributed by atoms with van der Waals surface area (Å²) in [7, 11) is 1.69. The van der Waals surface area contributed by atoms with Crippen LogP contribution >= 0.6 is 0 Å². The van der Waals surface area contributed by atoms with Crippen molar-refractivity contribution >= 4 is 11.0 Å². The highest BCUT2D eigenvalue weighted by Crippen LogP contribution is 2.27. The van der Waals surface area contributed by atoms with Crippen molar-refractivity contribution in [3.05, 3.63) is 59.9 Å². The lowest BCUT2D eigenvalue weighted by Crippen LogP contribution is -1.95. The zero-order chi connectivity index (χ0) is 12.4. The normalized spacial score (nSPS) is 10.7. The van der Waals surface area contributed by atoms with Crippen molar-refractivity contribution in [3.63, 3.8) is 0 Å². The third-order valence-corrected chi connectivity index (χ3v) is 3.04. The molecule has 0 amide bonds. The molecule has 3 rings (SSSR count). The lowest BCUT2D eigenvalue weighted by molar-refractivity contribution is 0.411. The van der Waals surface area contributed by atoms with Crippen LogP contribution in [-0.4, -0.2) is 17.1 Å². The van der Waals surface area contributed by atoms with Gasteiger partial charge in [-0.2, -0.15) is 0 Å². The van der Waals surface area contributed by atoms with Crippen LogP contribution < -0.4 is 4.74 Å². The zero-order valence-electron chi connectivity index (χ0n) is 10.1. The number of benzene rings is 2. The number of fused-ring (bicyclic) bond motifs is 1. The van der Waals surface area contributed by atoms with Gasteiger partial charge in [-0.15, -0.1) is 0 Å². The highest BCUT2D eigenvalue weighted by molar-refractivity contribution is 5.81. The molecule has 0 saturated heterocycles. The summed E-state index contributed by atoms with van der Waals surface area (Å²) in [6, 6.07) is 14.2. The number of methoxy groups -OCH3 is 1. The van der Waals surface area contributed by atoms with Gasteiger partial charge in [-0.1, -0.05) is 30.3 Å². The van der Waals surface area contributed by atoms with Crippen molar-refractivity contribution in [2.75, 3.05) is 7.11 Å². The van der Waals surface area contributed by atoms with Crippen molar-refractivity contribution in [1.29, 1.82) is 0 Å². The third kappa shape index (κ3) is 1.84. The van der Waals surface area contributed by atoms with Crippen LogP contribution in [0.5, 0.6) is 5.75 Å². The molecule has 0 fully saturated rings. The standard InChI is InChI=1S/C15H13N2O/c1-18-14-8-7-13-15(17-10-16-13)12(14)9-11-5-3-2-4-6-11/h2-8H,9H2,1H3,(H,16,17). The van der Waals surface area contributed by atoms with E-state index in [0.717, 1.165) is 28.8 Å². The molecule has 0 aliphatic carbocycles. The fraction of sp³-hybridized carbons (Fsp3) is 0.133. The predicted molar refractivity (Wildman–Crippen MR) is 70.7 cm³/mol. The SMILES string of the molecule is COc1ccc2[nH][c]nc2c1Cc1ccccc1. The molecular formula is C15H13N2O. The van der Waals surface area contributed by atoms with E-state index in [9.17, 15) is 0 Å². The van der Waals surface area contributed by atoms with E-state index in [1.54, 1.807) is 7.11 Å². The number of ether oxygens (including phenoxy) is 1. The second-order valence-electron chi connectivity index (χ2n) is 4.15. The molecule has 1 radical (unpaired) electrons. The molecule has 0 saturated carbocycles. The van der Waals surface area contributed by atoms with Crippen LogP contribution in [0.15, 0.2) is 42.5 Å². The van der Waals surface area contributed by atoms with Gasteiger partial charge in [0.05, 0.1) is 18.1 Å². The Kier molecular flexibility index (Phi) is 2.73. The largest absolute Gasteiger partial charge is 0.496 e. The van der Waals surface area contributed by atoms with E-state index >= 15 is 0 Å². The monoisotopic (exact) mass is 237 g/mol. The number of rotatable bonds is 3. The minimum absolute atomic E-state index is 0.806. The van der Waals surface area contributed by atoms with Crippen LogP contribution in [0.1, 0.15) is 11.1 Å². The van der Waals surface area contributed by atoms with Gasteiger partial charge in [-0.05, 0) is 17.7 Å². The van der Waals surface area contributed by atoms with Crippen LogP contribution in [0.4, 0.5) is 0 Å². The van der Waals surface area contributed by atoms with Crippen LogP contribution in [0.3, 0.4) is 0 Å². The van der Waals surface area contributed by atoms with Gasteiger partial charge in [0.2, 0.25) is 0 Å². The van der Waals surface area contributed by atoms with Crippen LogP contribution in [0.25, 0.3) is 11.0 Å². The van der Waals surface area contributed by atoms with Crippen molar-refractivity contribution in [3.8, 4) is 5.75 Å². The molecule has 1 heterocycles. The molecule has 0 atom stereocenters. The first-order valence-electron chi connectivity index (χ1n) is 5.84. The molecule has 3 heteroatoms. The summed E-state index contributed by atoms with van der Waals surface area (Å²) in [5, 5.41) is 0. The van der Waals surface area contributed by atoms with Gasteiger partial charge >= 0.3 is 0 Å². The average molecular weight is 237 g/mol. The first-order valence-corrected chi connectivity index (χ1v) is 5.84. The van der Waals surface area contributed by atoms with E-state index < -0.39 is 0 Å². The highest BCUT2D eigenvalue weighted by Gasteiger charge is 2.11. The Labute approximate surface area is 105 Å². The Morgan fingerprint density at radius 1 is 1.17 bits per heavy atom. The highest BCUT2D eigenvalue weighted by atomic mass is 16.5. The Hall–Kier alpha value is -2.29. The number of imidazole rings is 1. The lowest BCUT2D eigenvalue weighted by Gasteiger charge is -2.09. The summed E-state index contributed by atoms with van der Waals surface area (Å²) >= 11 is 0. The number of aromatic amines is 1. The molecule has 18 heavy (non-hydrogen) atoms. The number of aromatic nitrogens is 2. The van der Waals surface area contributed by atoms with E-state index in [2.05, 4.69) is 28.4 Å². The molecule has 3 aromatic rings. The molecule has 2 aromatic carbocycles. The molecule has 0 aliphatic rings. The average Bonchev–Trinajstić information content (AvgIpc) is 2.89. The molecule has 1 N–H and O–H groups in total. The van der Waals surface area contributed by atoms with Gasteiger partial charge in [0, 0.05) is 12.0 Å². The molecular weight excluding hydrogens is 224 g/mol. The number of hydrogen-bond donors (Lipinski definition) is 1. The van der Waals surface area contributed by atoms with E-state index in [0.29, 0.717) is 0 Å². The minimum atomic E-state index is 0.806. The molecule has 0 aliphatic heterocycles. The molecule has 0 spiro atoms. The van der Waals surface area contributed by atoms with Crippen LogP contribution in [0, 0.1) is 6.33 Å². The maximum Gasteiger partial charge on any atom is 0.174 e. The molecule has 0 unspecified atom stereocenters. The molecule has 89 valence electrons. The second-order valence-corrected chi connectivity index (χ2v) is 4.15. The van der Waals surface area contributed by atoms with Gasteiger partial charge in [-0.25, -0.2) is 4.98 Å². The van der Waals surface area contributed by atoms with E-state index in [1.807, 2.05) is 30.3 Å². The quantitative estimate of drug-likeness (QED) is 0.760.